The van der Waals surface area contributed by atoms with Crippen molar-refractivity contribution in [1.82, 2.24) is 4.57 Å². The van der Waals surface area contributed by atoms with Crippen molar-refractivity contribution < 1.29 is 9.47 Å². The van der Waals surface area contributed by atoms with Crippen LogP contribution in [0.1, 0.15) is 12.5 Å². The van der Waals surface area contributed by atoms with E-state index in [1.54, 1.807) is 22.9 Å². The summed E-state index contributed by atoms with van der Waals surface area (Å²) >= 11 is 0. The van der Waals surface area contributed by atoms with Crippen molar-refractivity contribution in [1.29, 1.82) is 0 Å². The van der Waals surface area contributed by atoms with Gasteiger partial charge in [-0.05, 0) is 55.3 Å². The van der Waals surface area contributed by atoms with Gasteiger partial charge in [0, 0.05) is 11.9 Å². The molecule has 2 rings (SSSR count). The summed E-state index contributed by atoms with van der Waals surface area (Å²) in [4.78, 5) is 12.3. The van der Waals surface area contributed by atoms with E-state index in [2.05, 4.69) is 6.58 Å². The van der Waals surface area contributed by atoms with E-state index in [1.807, 2.05) is 32.0 Å². The van der Waals surface area contributed by atoms with Crippen molar-refractivity contribution in [2.75, 3.05) is 18.9 Å². The Kier molecular flexibility index (Phi) is 5.46. The van der Waals surface area contributed by atoms with Crippen molar-refractivity contribution in [3.05, 3.63) is 64.6 Å². The third kappa shape index (κ3) is 4.64. The molecule has 0 aliphatic rings. The minimum atomic E-state index is -0.175. The van der Waals surface area contributed by atoms with Crippen LogP contribution in [0.3, 0.4) is 0 Å². The molecule has 0 aliphatic heterocycles. The molecule has 2 N–H and O–H groups in total. The summed E-state index contributed by atoms with van der Waals surface area (Å²) < 4.78 is 12.7. The largest absolute Gasteiger partial charge is 0.492 e. The van der Waals surface area contributed by atoms with E-state index in [0.717, 1.165) is 22.6 Å². The first-order valence-corrected chi connectivity index (χ1v) is 7.43. The number of pyridine rings is 1. The van der Waals surface area contributed by atoms with E-state index in [1.165, 1.54) is 0 Å². The maximum absolute atomic E-state index is 12.3. The number of ether oxygens (including phenoxy) is 2. The average molecular weight is 314 g/mol. The molecule has 0 amide bonds. The van der Waals surface area contributed by atoms with Gasteiger partial charge in [0.1, 0.15) is 19.0 Å². The highest BCUT2D eigenvalue weighted by molar-refractivity contribution is 5.49. The number of rotatable bonds is 7. The van der Waals surface area contributed by atoms with Crippen molar-refractivity contribution in [2.45, 2.75) is 20.4 Å². The van der Waals surface area contributed by atoms with Crippen molar-refractivity contribution in [3.8, 4) is 11.5 Å². The zero-order valence-corrected chi connectivity index (χ0v) is 13.5. The lowest BCUT2D eigenvalue weighted by molar-refractivity contribution is 0.292. The van der Waals surface area contributed by atoms with Crippen LogP contribution in [0, 0.1) is 6.92 Å². The highest BCUT2D eigenvalue weighted by Crippen LogP contribution is 2.18. The monoisotopic (exact) mass is 314 g/mol. The van der Waals surface area contributed by atoms with Crippen LogP contribution in [0.5, 0.6) is 11.5 Å². The van der Waals surface area contributed by atoms with E-state index in [-0.39, 0.29) is 5.56 Å². The molecule has 1 aromatic carbocycles. The minimum absolute atomic E-state index is 0.175. The Morgan fingerprint density at radius 2 is 2.09 bits per heavy atom. The molecule has 5 nitrogen and oxygen atoms in total. The predicted molar refractivity (Wildman–Crippen MR) is 92.1 cm³/mol. The number of hydrogen-bond donors (Lipinski definition) is 1. The summed E-state index contributed by atoms with van der Waals surface area (Å²) in [7, 11) is 0. The van der Waals surface area contributed by atoms with Crippen LogP contribution < -0.4 is 20.8 Å². The van der Waals surface area contributed by atoms with Crippen molar-refractivity contribution >= 4 is 5.69 Å². The van der Waals surface area contributed by atoms with Crippen LogP contribution in [0.2, 0.25) is 0 Å². The lowest BCUT2D eigenvalue weighted by Gasteiger charge is -2.11. The number of aryl methyl sites for hydroxylation is 1. The number of hydrogen-bond acceptors (Lipinski definition) is 4. The lowest BCUT2D eigenvalue weighted by Crippen LogP contribution is -2.24. The number of nitrogens with zero attached hydrogens (tertiary/aromatic N) is 1. The molecule has 0 saturated carbocycles. The molecule has 1 aromatic heterocycles. The maximum Gasteiger partial charge on any atom is 0.292 e. The standard InChI is InChI=1S/C18H22N2O3/c1-13(2)12-23-17-5-4-8-20(18(17)21)9-10-22-15-6-7-16(19)14(3)11-15/h4-8,11H,1,9-10,12,19H2,2-3H3. The summed E-state index contributed by atoms with van der Waals surface area (Å²) in [5, 5.41) is 0. The molecular formula is C18H22N2O3. The summed E-state index contributed by atoms with van der Waals surface area (Å²) in [6.07, 6.45) is 1.72. The molecule has 0 aliphatic carbocycles. The van der Waals surface area contributed by atoms with Crippen LogP contribution in [-0.4, -0.2) is 17.8 Å². The highest BCUT2D eigenvalue weighted by atomic mass is 16.5. The molecular weight excluding hydrogens is 292 g/mol. The average Bonchev–Trinajstić information content (AvgIpc) is 2.51. The number of nitrogen functional groups attached to an aromatic ring is 1. The van der Waals surface area contributed by atoms with Crippen molar-refractivity contribution in [3.63, 3.8) is 0 Å². The quantitative estimate of drug-likeness (QED) is 0.630. The first kappa shape index (κ1) is 16.7. The van der Waals surface area contributed by atoms with E-state index in [4.69, 9.17) is 15.2 Å². The fourth-order valence-electron chi connectivity index (χ4n) is 2.00. The highest BCUT2D eigenvalue weighted by Gasteiger charge is 2.05. The third-order valence-corrected chi connectivity index (χ3v) is 3.30. The number of nitrogens with two attached hydrogens (primary N) is 1. The summed E-state index contributed by atoms with van der Waals surface area (Å²) in [6.45, 7) is 8.69. The van der Waals surface area contributed by atoms with Gasteiger partial charge >= 0.3 is 0 Å². The van der Waals surface area contributed by atoms with Crippen LogP contribution in [0.15, 0.2) is 53.5 Å². The molecule has 0 radical (unpaired) electrons. The van der Waals surface area contributed by atoms with E-state index < -0.39 is 0 Å². The summed E-state index contributed by atoms with van der Waals surface area (Å²) in [5.41, 5.74) is 8.16. The SMILES string of the molecule is C=C(C)COc1cccn(CCOc2ccc(N)c(C)c2)c1=O. The Balaban J connectivity index is 1.97. The molecule has 2 aromatic rings. The molecule has 0 saturated heterocycles. The number of aromatic nitrogens is 1. The van der Waals surface area contributed by atoms with Gasteiger partial charge in [-0.3, -0.25) is 4.79 Å². The van der Waals surface area contributed by atoms with Gasteiger partial charge in [-0.25, -0.2) is 0 Å². The van der Waals surface area contributed by atoms with Gasteiger partial charge in [-0.15, -0.1) is 0 Å². The lowest BCUT2D eigenvalue weighted by atomic mass is 10.2. The zero-order valence-electron chi connectivity index (χ0n) is 13.5. The smallest absolute Gasteiger partial charge is 0.292 e. The fraction of sp³-hybridized carbons (Fsp3) is 0.278. The van der Waals surface area contributed by atoms with Crippen LogP contribution in [-0.2, 0) is 6.54 Å². The van der Waals surface area contributed by atoms with Crippen LogP contribution in [0.25, 0.3) is 0 Å². The summed E-state index contributed by atoms with van der Waals surface area (Å²) in [5.74, 6) is 1.05. The number of benzene rings is 1. The van der Waals surface area contributed by atoms with Gasteiger partial charge < -0.3 is 19.8 Å². The topological polar surface area (TPSA) is 66.5 Å². The molecule has 1 heterocycles. The molecule has 0 bridgehead atoms. The van der Waals surface area contributed by atoms with E-state index in [9.17, 15) is 4.79 Å². The van der Waals surface area contributed by atoms with Gasteiger partial charge in [0.05, 0.1) is 6.54 Å². The Bertz CT molecular complexity index is 750. The maximum atomic E-state index is 12.3. The Morgan fingerprint density at radius 1 is 1.30 bits per heavy atom. The second-order valence-electron chi connectivity index (χ2n) is 5.48. The second kappa shape index (κ2) is 7.54. The second-order valence-corrected chi connectivity index (χ2v) is 5.48. The molecule has 5 heteroatoms. The first-order chi connectivity index (χ1) is 11.0. The van der Waals surface area contributed by atoms with Gasteiger partial charge in [0.2, 0.25) is 0 Å². The predicted octanol–water partition coefficient (Wildman–Crippen LogP) is 2.77. The van der Waals surface area contributed by atoms with Gasteiger partial charge in [0.15, 0.2) is 5.75 Å². The van der Waals surface area contributed by atoms with Gasteiger partial charge in [-0.2, -0.15) is 0 Å². The van der Waals surface area contributed by atoms with Crippen LogP contribution in [0.4, 0.5) is 5.69 Å². The van der Waals surface area contributed by atoms with Gasteiger partial charge in [-0.1, -0.05) is 6.58 Å². The molecule has 0 spiro atoms. The fourth-order valence-corrected chi connectivity index (χ4v) is 2.00. The summed E-state index contributed by atoms with van der Waals surface area (Å²) in [6, 6.07) is 8.94. The van der Waals surface area contributed by atoms with Crippen LogP contribution >= 0.6 is 0 Å². The van der Waals surface area contributed by atoms with E-state index in [0.29, 0.717) is 25.5 Å². The molecule has 23 heavy (non-hydrogen) atoms. The minimum Gasteiger partial charge on any atom is -0.492 e. The Morgan fingerprint density at radius 3 is 2.78 bits per heavy atom. The molecule has 0 atom stereocenters. The molecule has 0 unspecified atom stereocenters. The van der Waals surface area contributed by atoms with E-state index >= 15 is 0 Å². The van der Waals surface area contributed by atoms with Gasteiger partial charge in [0.25, 0.3) is 5.56 Å². The third-order valence-electron chi connectivity index (χ3n) is 3.30. The number of anilines is 1. The Labute approximate surface area is 136 Å². The normalized spacial score (nSPS) is 10.3. The zero-order chi connectivity index (χ0) is 16.8. The molecule has 0 fully saturated rings. The molecule has 122 valence electrons. The Hall–Kier alpha value is -2.69. The first-order valence-electron chi connectivity index (χ1n) is 7.43. The van der Waals surface area contributed by atoms with Crippen molar-refractivity contribution in [2.24, 2.45) is 0 Å².